The highest BCUT2D eigenvalue weighted by molar-refractivity contribution is 7.05. The molecule has 11 rings (SSSR count). The highest BCUT2D eigenvalue weighted by Crippen LogP contribution is 2.39. The number of hydrogen-bond acceptors (Lipinski definition) is 2. The molecule has 0 saturated carbocycles. The van der Waals surface area contributed by atoms with Crippen molar-refractivity contribution in [3.8, 4) is 78.4 Å². The second-order valence-corrected chi connectivity index (χ2v) is 20.4. The Labute approximate surface area is 346 Å². The van der Waals surface area contributed by atoms with Crippen molar-refractivity contribution >= 4 is 40.0 Å². The van der Waals surface area contributed by atoms with Gasteiger partial charge in [0.1, 0.15) is 8.07 Å². The van der Waals surface area contributed by atoms with Crippen LogP contribution in [-0.2, 0) is 0 Å². The molecule has 1 aromatic heterocycles. The Balaban J connectivity index is 1.07. The van der Waals surface area contributed by atoms with Gasteiger partial charge in [0.15, 0.2) is 5.82 Å². The lowest BCUT2D eigenvalue weighted by Gasteiger charge is -2.23. The predicted octanol–water partition coefficient (Wildman–Crippen LogP) is 13.6. The largest absolute Gasteiger partial charge is 0.228 e. The minimum Gasteiger partial charge on any atom is -0.228 e. The zero-order valence-corrected chi connectivity index (χ0v) is 34.0. The van der Waals surface area contributed by atoms with Gasteiger partial charge < -0.3 is 0 Å². The number of fused-ring (bicyclic) bond motifs is 6. The minimum atomic E-state index is -2.26. The van der Waals surface area contributed by atoms with Gasteiger partial charge in [-0.3, -0.25) is 0 Å². The summed E-state index contributed by atoms with van der Waals surface area (Å²) in [4.78, 5) is 11.1. The zero-order chi connectivity index (χ0) is 39.5. The van der Waals surface area contributed by atoms with Gasteiger partial charge in [0.2, 0.25) is 0 Å². The third kappa shape index (κ3) is 6.02. The molecule has 0 amide bonds. The molecule has 0 unspecified atom stereocenters. The smallest absolute Gasteiger partial charge is 0.160 e. The van der Waals surface area contributed by atoms with Crippen LogP contribution in [0.3, 0.4) is 0 Å². The normalized spacial score (nSPS) is 12.7. The van der Waals surface area contributed by atoms with Gasteiger partial charge >= 0.3 is 0 Å². The molecular weight excluding hydrogens is 729 g/mol. The van der Waals surface area contributed by atoms with E-state index in [1.54, 1.807) is 0 Å². The Bertz CT molecular complexity index is 3180. The topological polar surface area (TPSA) is 25.8 Å². The molecule has 0 aliphatic carbocycles. The Kier molecular flexibility index (Phi) is 8.31. The summed E-state index contributed by atoms with van der Waals surface area (Å²) in [6.45, 7) is 4.96. The maximum Gasteiger partial charge on any atom is 0.160 e. The Morgan fingerprint density at radius 3 is 1.37 bits per heavy atom. The summed E-state index contributed by atoms with van der Waals surface area (Å²) in [7, 11) is -2.26. The predicted molar refractivity (Wildman–Crippen MR) is 252 cm³/mol. The SMILES string of the molecule is C[Si]1(C)c2c(nc(-c3cccc(-c4cccc(-c5cc(-c6ccccc6)cc(-c6ccccc6)c5)c4)c3)nc2-c2cccc3ccccc23)-c2ccc3ccccc3c21. The highest BCUT2D eigenvalue weighted by Gasteiger charge is 2.43. The number of rotatable bonds is 6. The minimum absolute atomic E-state index is 0.749. The lowest BCUT2D eigenvalue weighted by atomic mass is 9.92. The van der Waals surface area contributed by atoms with Gasteiger partial charge in [-0.25, -0.2) is 9.97 Å². The van der Waals surface area contributed by atoms with Crippen LogP contribution in [-0.4, -0.2) is 18.0 Å². The molecule has 278 valence electrons. The third-order valence-corrected chi connectivity index (χ3v) is 15.7. The molecule has 0 atom stereocenters. The summed E-state index contributed by atoms with van der Waals surface area (Å²) in [5.74, 6) is 0.749. The molecule has 0 N–H and O–H groups in total. The van der Waals surface area contributed by atoms with Crippen molar-refractivity contribution in [1.82, 2.24) is 9.97 Å². The van der Waals surface area contributed by atoms with Crippen LogP contribution in [0.4, 0.5) is 0 Å². The highest BCUT2D eigenvalue weighted by atomic mass is 28.3. The van der Waals surface area contributed by atoms with E-state index in [0.717, 1.165) is 39.5 Å². The van der Waals surface area contributed by atoms with E-state index in [-0.39, 0.29) is 0 Å². The van der Waals surface area contributed by atoms with Crippen LogP contribution < -0.4 is 10.4 Å². The lowest BCUT2D eigenvalue weighted by molar-refractivity contribution is 1.20. The quantitative estimate of drug-likeness (QED) is 0.157. The second-order valence-electron chi connectivity index (χ2n) is 16.2. The molecule has 1 aliphatic heterocycles. The number of benzene rings is 9. The maximum atomic E-state index is 5.59. The van der Waals surface area contributed by atoms with Crippen molar-refractivity contribution in [3.05, 3.63) is 206 Å². The average molecular weight is 769 g/mol. The molecule has 2 heterocycles. The summed E-state index contributed by atoms with van der Waals surface area (Å²) in [6.07, 6.45) is 0. The third-order valence-electron chi connectivity index (χ3n) is 12.2. The van der Waals surface area contributed by atoms with E-state index in [2.05, 4.69) is 219 Å². The van der Waals surface area contributed by atoms with Gasteiger partial charge in [0.25, 0.3) is 0 Å². The van der Waals surface area contributed by atoms with E-state index in [0.29, 0.717) is 0 Å². The number of aromatic nitrogens is 2. The summed E-state index contributed by atoms with van der Waals surface area (Å²) >= 11 is 0. The zero-order valence-electron chi connectivity index (χ0n) is 33.0. The first-order valence-corrected chi connectivity index (χ1v) is 23.4. The first kappa shape index (κ1) is 35.0. The van der Waals surface area contributed by atoms with Crippen LogP contribution >= 0.6 is 0 Å². The van der Waals surface area contributed by atoms with Gasteiger partial charge in [-0.2, -0.15) is 0 Å². The molecule has 2 nitrogen and oxygen atoms in total. The van der Waals surface area contributed by atoms with E-state index in [9.17, 15) is 0 Å². The molecule has 0 fully saturated rings. The fraction of sp³-hybridized carbons (Fsp3) is 0.0357. The first-order chi connectivity index (χ1) is 29.0. The van der Waals surface area contributed by atoms with E-state index < -0.39 is 8.07 Å². The Morgan fingerprint density at radius 1 is 0.305 bits per heavy atom. The summed E-state index contributed by atoms with van der Waals surface area (Å²) in [6, 6.07) is 74.7. The molecule has 1 aliphatic rings. The standard InChI is InChI=1S/C56H40N2Si/c1-59(2)54-49-28-12-10-21-40(49)30-31-51(54)53-55(59)52(50-29-15-22-39-20-9-11-27-48(39)50)57-56(58-53)44-26-14-24-42(33-44)41-23-13-25-43(32-41)47-35-45(37-16-5-3-6-17-37)34-46(36-47)38-18-7-4-8-19-38/h3-36H,1-2H3. The molecule has 9 aromatic carbocycles. The van der Waals surface area contributed by atoms with E-state index in [1.807, 2.05) is 0 Å². The van der Waals surface area contributed by atoms with Gasteiger partial charge in [-0.05, 0) is 107 Å². The van der Waals surface area contributed by atoms with Crippen molar-refractivity contribution in [1.29, 1.82) is 0 Å². The molecule has 10 aromatic rings. The monoisotopic (exact) mass is 768 g/mol. The number of hydrogen-bond donors (Lipinski definition) is 0. The molecule has 59 heavy (non-hydrogen) atoms. The van der Waals surface area contributed by atoms with Crippen LogP contribution in [0.1, 0.15) is 0 Å². The second kappa shape index (κ2) is 14.0. The number of nitrogens with zero attached hydrogens (tertiary/aromatic N) is 2. The maximum absolute atomic E-state index is 5.59. The molecule has 0 bridgehead atoms. The van der Waals surface area contributed by atoms with Gasteiger partial charge in [-0.1, -0.05) is 189 Å². The molecule has 3 heteroatoms. The molecule has 0 saturated heterocycles. The van der Waals surface area contributed by atoms with Crippen molar-refractivity contribution in [2.24, 2.45) is 0 Å². The molecule has 0 radical (unpaired) electrons. The lowest BCUT2D eigenvalue weighted by Crippen LogP contribution is -2.50. The van der Waals surface area contributed by atoms with E-state index in [4.69, 9.17) is 9.97 Å². The summed E-state index contributed by atoms with van der Waals surface area (Å²) in [5, 5.41) is 7.81. The van der Waals surface area contributed by atoms with Crippen molar-refractivity contribution < 1.29 is 0 Å². The Morgan fingerprint density at radius 2 is 0.729 bits per heavy atom. The van der Waals surface area contributed by atoms with Crippen LogP contribution in [0, 0.1) is 0 Å². The molecule has 0 spiro atoms. The van der Waals surface area contributed by atoms with Crippen LogP contribution in [0.15, 0.2) is 206 Å². The average Bonchev–Trinajstić information content (AvgIpc) is 3.55. The van der Waals surface area contributed by atoms with Gasteiger partial charge in [0.05, 0.1) is 11.4 Å². The van der Waals surface area contributed by atoms with E-state index >= 15 is 0 Å². The summed E-state index contributed by atoms with van der Waals surface area (Å²) in [5.41, 5.74) is 15.0. The fourth-order valence-corrected chi connectivity index (χ4v) is 13.0. The summed E-state index contributed by atoms with van der Waals surface area (Å²) < 4.78 is 0. The van der Waals surface area contributed by atoms with Crippen LogP contribution in [0.2, 0.25) is 13.1 Å². The van der Waals surface area contributed by atoms with Crippen molar-refractivity contribution in [2.75, 3.05) is 0 Å². The van der Waals surface area contributed by atoms with Crippen molar-refractivity contribution in [2.45, 2.75) is 13.1 Å². The van der Waals surface area contributed by atoms with Crippen LogP contribution in [0.5, 0.6) is 0 Å². The Hall–Kier alpha value is -7.20. The van der Waals surface area contributed by atoms with E-state index in [1.165, 1.54) is 70.9 Å². The first-order valence-electron chi connectivity index (χ1n) is 20.4. The van der Waals surface area contributed by atoms with Crippen LogP contribution in [0.25, 0.3) is 100.0 Å². The van der Waals surface area contributed by atoms with Gasteiger partial charge in [-0.15, -0.1) is 0 Å². The van der Waals surface area contributed by atoms with Gasteiger partial charge in [0, 0.05) is 16.7 Å². The molecular formula is C56H40N2Si. The van der Waals surface area contributed by atoms with Crippen molar-refractivity contribution in [3.63, 3.8) is 0 Å². The fourth-order valence-electron chi connectivity index (χ4n) is 9.38.